The minimum Gasteiger partial charge on any atom is -0.367 e. The van der Waals surface area contributed by atoms with Gasteiger partial charge in [-0.3, -0.25) is 13.7 Å². The van der Waals surface area contributed by atoms with Gasteiger partial charge in [-0.05, 0) is 55.2 Å². The molecular formula is C25H32N6O3S. The predicted molar refractivity (Wildman–Crippen MR) is 135 cm³/mol. The van der Waals surface area contributed by atoms with Gasteiger partial charge in [-0.2, -0.15) is 5.10 Å². The molecule has 1 fully saturated rings. The first kappa shape index (κ1) is 25.2. The highest BCUT2D eigenvalue weighted by molar-refractivity contribution is 7.77. The van der Waals surface area contributed by atoms with Gasteiger partial charge >= 0.3 is 0 Å². The quantitative estimate of drug-likeness (QED) is 0.368. The van der Waals surface area contributed by atoms with Crippen molar-refractivity contribution in [3.63, 3.8) is 0 Å². The standard InChI is InChI=1S/C25H32N6O3S/c1-2-3-5-18-6-4-7-19(12-18)15-31-11-10-23(30-31)24(32)22-14-27-17-28-25(22)29-21-9-8-20(13-21)16-34-35(26)33/h4,6-7,10-12,14,17,20-21H,2-3,5,8-9,13,15-16,26H2,1H3,(H,27,28,29). The molecule has 3 aromatic rings. The number of unbranched alkanes of at least 4 members (excludes halogenated alkanes) is 1. The van der Waals surface area contributed by atoms with E-state index in [2.05, 4.69) is 51.6 Å². The van der Waals surface area contributed by atoms with Crippen LogP contribution in [0.3, 0.4) is 0 Å². The molecule has 0 saturated heterocycles. The number of aromatic nitrogens is 4. The SMILES string of the molecule is CCCCc1cccc(Cn2ccc(C(=O)c3cncnc3NC3CCC(COS(N)=O)C3)n2)c1. The fourth-order valence-electron chi connectivity index (χ4n) is 4.49. The molecule has 3 unspecified atom stereocenters. The average Bonchev–Trinajstić information content (AvgIpc) is 3.51. The zero-order valence-corrected chi connectivity index (χ0v) is 20.7. The molecule has 2 aromatic heterocycles. The van der Waals surface area contributed by atoms with Gasteiger partial charge in [0, 0.05) is 18.4 Å². The number of rotatable bonds is 12. The molecule has 10 heteroatoms. The Kier molecular flexibility index (Phi) is 8.73. The van der Waals surface area contributed by atoms with Crippen LogP contribution in [0, 0.1) is 5.92 Å². The Bertz CT molecular complexity index is 1170. The smallest absolute Gasteiger partial charge is 0.231 e. The van der Waals surface area contributed by atoms with Gasteiger partial charge in [-0.1, -0.05) is 37.6 Å². The zero-order valence-electron chi connectivity index (χ0n) is 19.9. The third-order valence-electron chi connectivity index (χ3n) is 6.29. The minimum absolute atomic E-state index is 0.133. The number of carbonyl (C=O) groups is 1. The summed E-state index contributed by atoms with van der Waals surface area (Å²) in [6.45, 7) is 3.15. The maximum absolute atomic E-state index is 13.3. The van der Waals surface area contributed by atoms with Gasteiger partial charge in [-0.25, -0.2) is 19.3 Å². The molecular weight excluding hydrogens is 464 g/mol. The fourth-order valence-corrected chi connectivity index (χ4v) is 4.81. The fraction of sp³-hybridized carbons (Fsp3) is 0.440. The molecule has 9 nitrogen and oxygen atoms in total. The number of anilines is 1. The van der Waals surface area contributed by atoms with Gasteiger partial charge < -0.3 is 5.32 Å². The number of hydrogen-bond donors (Lipinski definition) is 2. The highest BCUT2D eigenvalue weighted by atomic mass is 32.2. The summed E-state index contributed by atoms with van der Waals surface area (Å²) in [5.74, 6) is 0.536. The van der Waals surface area contributed by atoms with E-state index in [0.717, 1.165) is 31.2 Å². The third kappa shape index (κ3) is 7.03. The van der Waals surface area contributed by atoms with Gasteiger partial charge in [0.15, 0.2) is 0 Å². The van der Waals surface area contributed by atoms with Crippen molar-refractivity contribution in [2.45, 2.75) is 58.0 Å². The summed E-state index contributed by atoms with van der Waals surface area (Å²) >= 11 is -1.75. The van der Waals surface area contributed by atoms with E-state index in [1.54, 1.807) is 10.7 Å². The highest BCUT2D eigenvalue weighted by Crippen LogP contribution is 2.29. The Morgan fingerprint density at radius 2 is 2.14 bits per heavy atom. The monoisotopic (exact) mass is 496 g/mol. The number of nitrogens with two attached hydrogens (primary N) is 1. The molecule has 0 amide bonds. The minimum atomic E-state index is -1.75. The van der Waals surface area contributed by atoms with Gasteiger partial charge in [0.25, 0.3) is 0 Å². The third-order valence-corrected chi connectivity index (χ3v) is 6.66. The number of benzene rings is 1. The van der Waals surface area contributed by atoms with Crippen molar-refractivity contribution in [3.05, 3.63) is 71.4 Å². The molecule has 1 saturated carbocycles. The summed E-state index contributed by atoms with van der Waals surface area (Å²) in [5.41, 5.74) is 3.22. The van der Waals surface area contributed by atoms with E-state index in [1.807, 2.05) is 6.20 Å². The van der Waals surface area contributed by atoms with Crippen molar-refractivity contribution in [1.29, 1.82) is 0 Å². The molecule has 0 bridgehead atoms. The number of nitrogens with one attached hydrogen (secondary N) is 1. The van der Waals surface area contributed by atoms with Crippen molar-refractivity contribution in [3.8, 4) is 0 Å². The van der Waals surface area contributed by atoms with Crippen LogP contribution in [0.25, 0.3) is 0 Å². The molecule has 2 heterocycles. The Morgan fingerprint density at radius 3 is 2.97 bits per heavy atom. The van der Waals surface area contributed by atoms with Crippen LogP contribution < -0.4 is 10.5 Å². The summed E-state index contributed by atoms with van der Waals surface area (Å²) in [4.78, 5) is 21.6. The molecule has 1 aromatic carbocycles. The topological polar surface area (TPSA) is 125 Å². The van der Waals surface area contributed by atoms with E-state index in [1.165, 1.54) is 30.9 Å². The normalized spacial score (nSPS) is 18.5. The molecule has 0 aliphatic heterocycles. The van der Waals surface area contributed by atoms with Gasteiger partial charge in [0.05, 0.1) is 18.7 Å². The summed E-state index contributed by atoms with van der Waals surface area (Å²) in [6.07, 6.45) is 10.8. The van der Waals surface area contributed by atoms with Crippen LogP contribution in [0.4, 0.5) is 5.82 Å². The van der Waals surface area contributed by atoms with Gasteiger partial charge in [-0.15, -0.1) is 0 Å². The maximum Gasteiger partial charge on any atom is 0.231 e. The van der Waals surface area contributed by atoms with Crippen LogP contribution >= 0.6 is 0 Å². The van der Waals surface area contributed by atoms with Gasteiger partial charge in [0.1, 0.15) is 17.8 Å². The molecule has 3 N–H and O–H groups in total. The predicted octanol–water partition coefficient (Wildman–Crippen LogP) is 3.43. The Balaban J connectivity index is 1.40. The molecule has 0 spiro atoms. The zero-order chi connectivity index (χ0) is 24.6. The number of carbonyl (C=O) groups excluding carboxylic acids is 1. The second kappa shape index (κ2) is 12.1. The molecule has 1 aliphatic rings. The lowest BCUT2D eigenvalue weighted by Crippen LogP contribution is -2.21. The first-order valence-corrected chi connectivity index (χ1v) is 13.2. The van der Waals surface area contributed by atoms with Crippen LogP contribution in [0.1, 0.15) is 66.2 Å². The van der Waals surface area contributed by atoms with Crippen molar-refractivity contribution < 1.29 is 13.2 Å². The summed E-state index contributed by atoms with van der Waals surface area (Å²) in [5, 5.41) is 13.1. The molecule has 186 valence electrons. The van der Waals surface area contributed by atoms with E-state index >= 15 is 0 Å². The second-order valence-corrected chi connectivity index (χ2v) is 9.76. The number of nitrogens with zero attached hydrogens (tertiary/aromatic N) is 4. The van der Waals surface area contributed by atoms with E-state index < -0.39 is 11.3 Å². The lowest BCUT2D eigenvalue weighted by Gasteiger charge is -2.15. The Labute approximate surface area is 208 Å². The van der Waals surface area contributed by atoms with Crippen LogP contribution in [-0.4, -0.2) is 42.4 Å². The van der Waals surface area contributed by atoms with Gasteiger partial charge in [0.2, 0.25) is 17.0 Å². The highest BCUT2D eigenvalue weighted by Gasteiger charge is 2.27. The largest absolute Gasteiger partial charge is 0.367 e. The molecule has 3 atom stereocenters. The lowest BCUT2D eigenvalue weighted by atomic mass is 10.1. The molecule has 0 radical (unpaired) electrons. The van der Waals surface area contributed by atoms with Crippen LogP contribution in [0.15, 0.2) is 49.1 Å². The maximum atomic E-state index is 13.3. The van der Waals surface area contributed by atoms with E-state index in [0.29, 0.717) is 30.2 Å². The van der Waals surface area contributed by atoms with Crippen LogP contribution in [-0.2, 0) is 28.4 Å². The molecule has 35 heavy (non-hydrogen) atoms. The Hall–Kier alpha value is -2.95. The van der Waals surface area contributed by atoms with Crippen molar-refractivity contribution in [2.75, 3.05) is 11.9 Å². The van der Waals surface area contributed by atoms with E-state index in [9.17, 15) is 9.00 Å². The van der Waals surface area contributed by atoms with Crippen LogP contribution in [0.2, 0.25) is 0 Å². The summed E-state index contributed by atoms with van der Waals surface area (Å²) < 4.78 is 17.8. The van der Waals surface area contributed by atoms with E-state index in [-0.39, 0.29) is 17.7 Å². The van der Waals surface area contributed by atoms with Crippen LogP contribution in [0.5, 0.6) is 0 Å². The second-order valence-electron chi connectivity index (χ2n) is 9.00. The Morgan fingerprint density at radius 1 is 1.29 bits per heavy atom. The number of aryl methyl sites for hydroxylation is 1. The first-order chi connectivity index (χ1) is 17.0. The molecule has 1 aliphatic carbocycles. The lowest BCUT2D eigenvalue weighted by molar-refractivity contribution is 0.103. The van der Waals surface area contributed by atoms with Crippen molar-refractivity contribution in [1.82, 2.24) is 19.7 Å². The van der Waals surface area contributed by atoms with E-state index in [4.69, 9.17) is 9.32 Å². The average molecular weight is 497 g/mol. The summed E-state index contributed by atoms with van der Waals surface area (Å²) in [6, 6.07) is 10.4. The molecule has 4 rings (SSSR count). The summed E-state index contributed by atoms with van der Waals surface area (Å²) in [7, 11) is 0. The number of hydrogen-bond acceptors (Lipinski definition) is 7. The number of ketones is 1. The van der Waals surface area contributed by atoms with Crippen molar-refractivity contribution in [2.24, 2.45) is 11.1 Å². The van der Waals surface area contributed by atoms with Crippen molar-refractivity contribution >= 4 is 22.9 Å². The first-order valence-electron chi connectivity index (χ1n) is 12.0.